The molecule has 0 aliphatic carbocycles. The van der Waals surface area contributed by atoms with Crippen LogP contribution in [0, 0.1) is 42.3 Å². The number of hydrogen-bond acceptors (Lipinski definition) is 6. The van der Waals surface area contributed by atoms with Gasteiger partial charge in [0.15, 0.2) is 11.6 Å². The highest BCUT2D eigenvalue weighted by Crippen LogP contribution is 2.26. The van der Waals surface area contributed by atoms with Crippen molar-refractivity contribution in [2.24, 2.45) is 0 Å². The largest absolute Gasteiger partial charge is 0.338 e. The number of hydrogen-bond donors (Lipinski definition) is 2. The van der Waals surface area contributed by atoms with Gasteiger partial charge in [0.1, 0.15) is 0 Å². The quantitative estimate of drug-likeness (QED) is 0.714. The highest BCUT2D eigenvalue weighted by molar-refractivity contribution is 5.66. The van der Waals surface area contributed by atoms with Gasteiger partial charge < -0.3 is 10.6 Å². The van der Waals surface area contributed by atoms with Gasteiger partial charge in [0.2, 0.25) is 5.95 Å². The van der Waals surface area contributed by atoms with Gasteiger partial charge in [0.05, 0.1) is 29.5 Å². The summed E-state index contributed by atoms with van der Waals surface area (Å²) in [7, 11) is 0. The molecule has 0 aliphatic rings. The normalized spacial score (nSPS) is 9.96. The Labute approximate surface area is 155 Å². The Morgan fingerprint density at radius 3 is 2.15 bits per heavy atom. The van der Waals surface area contributed by atoms with Gasteiger partial charge in [0.25, 0.3) is 0 Å². The monoisotopic (exact) mass is 358 g/mol. The van der Waals surface area contributed by atoms with E-state index in [1.54, 1.807) is 36.4 Å². The molecule has 0 saturated carbocycles. The highest BCUT2D eigenvalue weighted by Gasteiger charge is 2.11. The fourth-order valence-electron chi connectivity index (χ4n) is 2.62. The lowest BCUT2D eigenvalue weighted by Crippen LogP contribution is -2.05. The molecule has 7 heteroatoms. The van der Waals surface area contributed by atoms with Gasteiger partial charge in [0, 0.05) is 11.4 Å². The molecule has 0 atom stereocenters. The summed E-state index contributed by atoms with van der Waals surface area (Å²) < 4.78 is 14.1. The molecule has 0 aliphatic heterocycles. The van der Waals surface area contributed by atoms with Crippen molar-refractivity contribution in [1.82, 2.24) is 9.97 Å². The van der Waals surface area contributed by atoms with Crippen LogP contribution >= 0.6 is 0 Å². The minimum atomic E-state index is -0.599. The van der Waals surface area contributed by atoms with Crippen molar-refractivity contribution in [2.75, 3.05) is 10.6 Å². The van der Waals surface area contributed by atoms with Gasteiger partial charge in [-0.15, -0.1) is 0 Å². The van der Waals surface area contributed by atoms with E-state index in [2.05, 4.69) is 26.7 Å². The number of benzene rings is 2. The van der Waals surface area contributed by atoms with Crippen LogP contribution in [0.1, 0.15) is 22.3 Å². The number of halogens is 1. The van der Waals surface area contributed by atoms with Crippen LogP contribution in [-0.4, -0.2) is 9.97 Å². The van der Waals surface area contributed by atoms with E-state index < -0.39 is 5.82 Å². The van der Waals surface area contributed by atoms with Crippen LogP contribution in [0.4, 0.5) is 27.5 Å². The Kier molecular flexibility index (Phi) is 4.96. The summed E-state index contributed by atoms with van der Waals surface area (Å²) in [6.45, 7) is 3.74. The molecule has 1 aromatic heterocycles. The molecule has 0 radical (unpaired) electrons. The Morgan fingerprint density at radius 2 is 1.56 bits per heavy atom. The molecule has 132 valence electrons. The molecule has 3 aromatic rings. The summed E-state index contributed by atoms with van der Waals surface area (Å²) in [4.78, 5) is 8.17. The average Bonchev–Trinajstić information content (AvgIpc) is 2.67. The van der Waals surface area contributed by atoms with Gasteiger partial charge >= 0.3 is 0 Å². The molecule has 6 nitrogen and oxygen atoms in total. The van der Waals surface area contributed by atoms with Gasteiger partial charge in [-0.2, -0.15) is 15.5 Å². The molecule has 0 unspecified atom stereocenters. The Balaban J connectivity index is 1.87. The molecular weight excluding hydrogens is 343 g/mol. The number of nitriles is 2. The van der Waals surface area contributed by atoms with Crippen LogP contribution in [0.5, 0.6) is 0 Å². The van der Waals surface area contributed by atoms with Gasteiger partial charge in [-0.3, -0.25) is 0 Å². The van der Waals surface area contributed by atoms with Crippen molar-refractivity contribution in [3.8, 4) is 12.1 Å². The average molecular weight is 358 g/mol. The summed E-state index contributed by atoms with van der Waals surface area (Å²) in [6.07, 6.45) is 1.08. The van der Waals surface area contributed by atoms with E-state index in [9.17, 15) is 4.39 Å². The molecule has 2 aromatic carbocycles. The zero-order valence-corrected chi connectivity index (χ0v) is 14.7. The molecule has 27 heavy (non-hydrogen) atoms. The van der Waals surface area contributed by atoms with E-state index in [4.69, 9.17) is 10.5 Å². The molecule has 3 rings (SSSR count). The van der Waals surface area contributed by atoms with E-state index >= 15 is 0 Å². The second-order valence-corrected chi connectivity index (χ2v) is 5.93. The summed E-state index contributed by atoms with van der Waals surface area (Å²) >= 11 is 0. The lowest BCUT2D eigenvalue weighted by molar-refractivity contribution is 0.619. The standard InChI is InChI=1S/C20H15FN6/c1-12-7-15(10-23)8-13(2)18(12)26-20-24-11-17(21)19(27-20)25-16-5-3-14(9-22)4-6-16/h3-8,11H,1-2H3,(H2,24,25,26,27). The van der Waals surface area contributed by atoms with Crippen LogP contribution in [0.25, 0.3) is 0 Å². The number of nitrogens with one attached hydrogen (secondary N) is 2. The summed E-state index contributed by atoms with van der Waals surface area (Å²) in [5, 5.41) is 23.8. The second-order valence-electron chi connectivity index (χ2n) is 5.93. The molecule has 0 spiro atoms. The Hall–Kier alpha value is -3.97. The summed E-state index contributed by atoms with van der Waals surface area (Å²) in [5.74, 6) is -0.359. The van der Waals surface area contributed by atoms with Gasteiger partial charge in [-0.05, 0) is 61.4 Å². The highest BCUT2D eigenvalue weighted by atomic mass is 19.1. The van der Waals surface area contributed by atoms with Crippen molar-refractivity contribution in [3.05, 3.63) is 70.7 Å². The maximum absolute atomic E-state index is 14.1. The SMILES string of the molecule is Cc1cc(C#N)cc(C)c1Nc1ncc(F)c(Nc2ccc(C#N)cc2)n1. The van der Waals surface area contributed by atoms with E-state index in [-0.39, 0.29) is 11.8 Å². The number of anilines is 4. The first-order chi connectivity index (χ1) is 13.0. The van der Waals surface area contributed by atoms with Gasteiger partial charge in [-0.1, -0.05) is 0 Å². The van der Waals surface area contributed by atoms with Crippen LogP contribution < -0.4 is 10.6 Å². The molecule has 0 saturated heterocycles. The lowest BCUT2D eigenvalue weighted by atomic mass is 10.1. The van der Waals surface area contributed by atoms with Gasteiger partial charge in [-0.25, -0.2) is 9.37 Å². The molecule has 0 amide bonds. The van der Waals surface area contributed by atoms with Crippen LogP contribution in [0.15, 0.2) is 42.6 Å². The van der Waals surface area contributed by atoms with E-state index in [1.165, 1.54) is 0 Å². The Bertz CT molecular complexity index is 1050. The number of nitrogens with zero attached hydrogens (tertiary/aromatic N) is 4. The first-order valence-corrected chi connectivity index (χ1v) is 8.08. The van der Waals surface area contributed by atoms with E-state index in [0.29, 0.717) is 16.8 Å². The topological polar surface area (TPSA) is 97.4 Å². The molecule has 0 fully saturated rings. The number of aryl methyl sites for hydroxylation is 2. The third-order valence-corrected chi connectivity index (χ3v) is 3.92. The van der Waals surface area contributed by atoms with Crippen LogP contribution in [-0.2, 0) is 0 Å². The molecule has 1 heterocycles. The zero-order valence-electron chi connectivity index (χ0n) is 14.7. The predicted octanol–water partition coefficient (Wildman–Crippen LogP) is 4.46. The third kappa shape index (κ3) is 4.00. The second kappa shape index (κ2) is 7.51. The smallest absolute Gasteiger partial charge is 0.229 e. The molecular formula is C20H15FN6. The van der Waals surface area contributed by atoms with Crippen molar-refractivity contribution >= 4 is 23.1 Å². The minimum absolute atomic E-state index is 0.0150. The molecule has 0 bridgehead atoms. The first-order valence-electron chi connectivity index (χ1n) is 8.08. The maximum atomic E-state index is 14.1. The van der Waals surface area contributed by atoms with Crippen LogP contribution in [0.3, 0.4) is 0 Å². The third-order valence-electron chi connectivity index (χ3n) is 3.92. The number of rotatable bonds is 4. The van der Waals surface area contributed by atoms with Crippen molar-refractivity contribution in [3.63, 3.8) is 0 Å². The van der Waals surface area contributed by atoms with Crippen molar-refractivity contribution in [1.29, 1.82) is 10.5 Å². The summed E-state index contributed by atoms with van der Waals surface area (Å²) in [5.41, 5.74) is 4.17. The fraction of sp³-hybridized carbons (Fsp3) is 0.100. The Morgan fingerprint density at radius 1 is 0.926 bits per heavy atom. The molecule has 2 N–H and O–H groups in total. The van der Waals surface area contributed by atoms with Crippen LogP contribution in [0.2, 0.25) is 0 Å². The van der Waals surface area contributed by atoms with Crippen molar-refractivity contribution in [2.45, 2.75) is 13.8 Å². The maximum Gasteiger partial charge on any atom is 0.229 e. The minimum Gasteiger partial charge on any atom is -0.338 e. The van der Waals surface area contributed by atoms with Crippen molar-refractivity contribution < 1.29 is 4.39 Å². The first kappa shape index (κ1) is 17.8. The fourth-order valence-corrected chi connectivity index (χ4v) is 2.62. The summed E-state index contributed by atoms with van der Waals surface area (Å²) in [6, 6.07) is 14.3. The van der Waals surface area contributed by atoms with E-state index in [1.807, 2.05) is 19.9 Å². The lowest BCUT2D eigenvalue weighted by Gasteiger charge is -2.13. The zero-order chi connectivity index (χ0) is 19.4. The predicted molar refractivity (Wildman–Crippen MR) is 100 cm³/mol. The number of aromatic nitrogens is 2. The van der Waals surface area contributed by atoms with E-state index in [0.717, 1.165) is 23.0 Å².